The van der Waals surface area contributed by atoms with Crippen LogP contribution in [0.1, 0.15) is 36.8 Å². The predicted octanol–water partition coefficient (Wildman–Crippen LogP) is 6.76. The fourth-order valence-corrected chi connectivity index (χ4v) is 8.60. The summed E-state index contributed by atoms with van der Waals surface area (Å²) < 4.78 is 12.8. The van der Waals surface area contributed by atoms with Crippen LogP contribution in [0.2, 0.25) is 0 Å². The smallest absolute Gasteiger partial charge is 0.267 e. The molecular weight excluding hydrogens is 644 g/mol. The Kier molecular flexibility index (Phi) is 5.05. The van der Waals surface area contributed by atoms with Gasteiger partial charge in [-0.1, -0.05) is 13.8 Å². The molecule has 0 atom stereocenters. The molecule has 246 valence electrons. The maximum absolute atomic E-state index is 14.6. The van der Waals surface area contributed by atoms with Crippen LogP contribution in [0.4, 0.5) is 0 Å². The number of rotatable bonds is 3. The van der Waals surface area contributed by atoms with E-state index < -0.39 is 51.6 Å². The lowest BCUT2D eigenvalue weighted by Gasteiger charge is -2.25. The van der Waals surface area contributed by atoms with Crippen LogP contribution in [-0.4, -0.2) is 35.7 Å². The van der Waals surface area contributed by atoms with Crippen LogP contribution in [-0.2, 0) is 12.8 Å². The van der Waals surface area contributed by atoms with Gasteiger partial charge in [-0.05, 0) is 37.1 Å². The van der Waals surface area contributed by atoms with Gasteiger partial charge in [0.05, 0.1) is 21.5 Å². The quantitative estimate of drug-likeness (QED) is 0.0776. The zero-order valence-electron chi connectivity index (χ0n) is 26.2. The van der Waals surface area contributed by atoms with Gasteiger partial charge in [0.2, 0.25) is 10.9 Å². The van der Waals surface area contributed by atoms with Crippen LogP contribution in [0.15, 0.2) is 46.0 Å². The van der Waals surface area contributed by atoms with Crippen LogP contribution >= 0.6 is 0 Å². The summed E-state index contributed by atoms with van der Waals surface area (Å²) in [5.74, 6) is -2.68. The highest BCUT2D eigenvalue weighted by Gasteiger charge is 2.37. The Morgan fingerprint density at radius 3 is 1.24 bits per heavy atom. The average Bonchev–Trinajstić information content (AvgIpc) is 3.23. The van der Waals surface area contributed by atoms with E-state index in [9.17, 15) is 45.3 Å². The van der Waals surface area contributed by atoms with E-state index in [1.807, 2.05) is 0 Å². The number of hydrogen-bond acceptors (Lipinski definition) is 11. The normalized spacial score (nSPS) is 13.7. The molecular formula is C39H24O11. The van der Waals surface area contributed by atoms with E-state index in [2.05, 4.69) is 0 Å². The van der Waals surface area contributed by atoms with E-state index in [4.69, 9.17) is 9.47 Å². The first kappa shape index (κ1) is 28.4. The van der Waals surface area contributed by atoms with Crippen molar-refractivity contribution in [3.8, 4) is 51.7 Å². The summed E-state index contributed by atoms with van der Waals surface area (Å²) in [6.45, 7) is 3.34. The van der Waals surface area contributed by atoms with Crippen LogP contribution in [0.5, 0.6) is 51.7 Å². The summed E-state index contributed by atoms with van der Waals surface area (Å²) >= 11 is 0. The second-order valence-electron chi connectivity index (χ2n) is 12.9. The van der Waals surface area contributed by atoms with E-state index >= 15 is 0 Å². The van der Waals surface area contributed by atoms with Gasteiger partial charge in [0.25, 0.3) is 6.29 Å². The molecule has 9 aromatic rings. The minimum Gasteiger partial charge on any atom is -0.508 e. The van der Waals surface area contributed by atoms with Crippen LogP contribution in [0, 0.1) is 0 Å². The van der Waals surface area contributed by atoms with Gasteiger partial charge in [-0.25, -0.2) is 0 Å². The summed E-state index contributed by atoms with van der Waals surface area (Å²) in [6, 6.07) is 8.51. The zero-order valence-corrected chi connectivity index (χ0v) is 26.2. The molecule has 0 spiro atoms. The Morgan fingerprint density at radius 1 is 0.480 bits per heavy atom. The molecule has 0 bridgehead atoms. The van der Waals surface area contributed by atoms with Gasteiger partial charge >= 0.3 is 0 Å². The topological polar surface area (TPSA) is 194 Å². The van der Waals surface area contributed by atoms with Gasteiger partial charge in [-0.2, -0.15) is 0 Å². The van der Waals surface area contributed by atoms with Crippen molar-refractivity contribution in [3.63, 3.8) is 0 Å². The standard InChI is InChI=1S/C39H24O11/c1-3-13-33(43)29-27-25-23-19(37(47)31(27)35(13)45)15(41)9-17-21(23)22-18(50-39(49-17)11-5-7-12(40)8-6-11)10-16(42)20-24(22)26(25)28-30(29)34(44)14(4-2)36(46)32(28)38(20)48/h5-10,39-46H,3-4H2,1-2H3. The number of phenolic OH excluding ortho intramolecular Hbond substituents is 7. The molecule has 1 heterocycles. The molecule has 50 heavy (non-hydrogen) atoms. The monoisotopic (exact) mass is 668 g/mol. The molecule has 0 amide bonds. The minimum atomic E-state index is -1.20. The van der Waals surface area contributed by atoms with Gasteiger partial charge in [-0.3, -0.25) is 9.59 Å². The largest absolute Gasteiger partial charge is 0.508 e. The number of benzene rings is 9. The van der Waals surface area contributed by atoms with Gasteiger partial charge in [0.1, 0.15) is 51.7 Å². The van der Waals surface area contributed by atoms with E-state index in [1.54, 1.807) is 26.0 Å². The first-order chi connectivity index (χ1) is 24.0. The summed E-state index contributed by atoms with van der Waals surface area (Å²) in [6.07, 6.45) is -1.05. The maximum Gasteiger partial charge on any atom is 0.267 e. The first-order valence-electron chi connectivity index (χ1n) is 16.0. The number of hydrogen-bond donors (Lipinski definition) is 7. The number of fused-ring (bicyclic) bond motifs is 1. The lowest BCUT2D eigenvalue weighted by molar-refractivity contribution is 0.00793. The Morgan fingerprint density at radius 2 is 0.840 bits per heavy atom. The average molecular weight is 669 g/mol. The zero-order chi connectivity index (χ0) is 34.8. The van der Waals surface area contributed by atoms with Crippen molar-refractivity contribution in [2.75, 3.05) is 0 Å². The van der Waals surface area contributed by atoms with E-state index in [0.29, 0.717) is 5.56 Å². The Bertz CT molecular complexity index is 2930. The predicted molar refractivity (Wildman–Crippen MR) is 187 cm³/mol. The van der Waals surface area contributed by atoms with Gasteiger partial charge in [0, 0.05) is 82.7 Å². The molecule has 9 aromatic carbocycles. The highest BCUT2D eigenvalue weighted by Crippen LogP contribution is 2.61. The molecule has 10 rings (SSSR count). The number of phenols is 7. The molecule has 0 saturated heterocycles. The van der Waals surface area contributed by atoms with Crippen molar-refractivity contribution in [2.24, 2.45) is 0 Å². The molecule has 0 saturated carbocycles. The second kappa shape index (κ2) is 8.88. The lowest BCUT2D eigenvalue weighted by Crippen LogP contribution is -2.14. The van der Waals surface area contributed by atoms with Crippen LogP contribution < -0.4 is 20.3 Å². The lowest BCUT2D eigenvalue weighted by atomic mass is 9.77. The number of aromatic hydroxyl groups is 7. The third kappa shape index (κ3) is 2.94. The Labute approximate surface area is 278 Å². The van der Waals surface area contributed by atoms with Crippen LogP contribution in [0.3, 0.4) is 0 Å². The summed E-state index contributed by atoms with van der Waals surface area (Å²) in [7, 11) is 0. The van der Waals surface area contributed by atoms with Crippen molar-refractivity contribution in [2.45, 2.75) is 33.0 Å². The van der Waals surface area contributed by atoms with Gasteiger partial charge < -0.3 is 45.2 Å². The SMILES string of the molecule is CCc1c(O)c2c(=O)c3c(O)cc4c5c6c(cc(O)c7c(=O)c8c(O)c(CC)c(O)c9c(c1O)c2c(c35)c(c76)c89)OC(c1ccc(O)cc1)O4. The minimum absolute atomic E-state index is 0.00664. The number of ether oxygens (including phenoxy) is 2. The van der Waals surface area contributed by atoms with E-state index in [-0.39, 0.29) is 117 Å². The second-order valence-corrected chi connectivity index (χ2v) is 12.9. The van der Waals surface area contributed by atoms with E-state index in [1.165, 1.54) is 24.3 Å². The Hall–Kier alpha value is -6.62. The molecule has 11 nitrogen and oxygen atoms in total. The fourth-order valence-electron chi connectivity index (χ4n) is 8.60. The highest BCUT2D eigenvalue weighted by atomic mass is 16.7. The molecule has 0 fully saturated rings. The summed E-state index contributed by atoms with van der Waals surface area (Å²) in [5.41, 5.74) is -1.02. The molecule has 1 aliphatic rings. The van der Waals surface area contributed by atoms with Gasteiger partial charge in [0.15, 0.2) is 0 Å². The van der Waals surface area contributed by atoms with Crippen molar-refractivity contribution in [3.05, 3.63) is 73.5 Å². The maximum atomic E-state index is 14.6. The van der Waals surface area contributed by atoms with Crippen LogP contribution in [0.25, 0.3) is 75.4 Å². The first-order valence-corrected chi connectivity index (χ1v) is 16.0. The molecule has 0 unspecified atom stereocenters. The third-order valence-electron chi connectivity index (χ3n) is 10.6. The van der Waals surface area contributed by atoms with Crippen molar-refractivity contribution < 1.29 is 45.2 Å². The molecule has 11 heteroatoms. The molecule has 1 aliphatic heterocycles. The summed E-state index contributed by atoms with van der Waals surface area (Å²) in [5, 5.41) is 80.9. The molecule has 7 N–H and O–H groups in total. The molecule has 0 aromatic heterocycles. The van der Waals surface area contributed by atoms with Crippen molar-refractivity contribution in [1.29, 1.82) is 0 Å². The molecule has 0 aliphatic carbocycles. The fraction of sp³-hybridized carbons (Fsp3) is 0.128. The Balaban J connectivity index is 1.62. The third-order valence-corrected chi connectivity index (χ3v) is 10.6. The van der Waals surface area contributed by atoms with Gasteiger partial charge in [-0.15, -0.1) is 0 Å². The van der Waals surface area contributed by atoms with Crippen molar-refractivity contribution in [1.82, 2.24) is 0 Å². The summed E-state index contributed by atoms with van der Waals surface area (Å²) in [4.78, 5) is 29.2. The van der Waals surface area contributed by atoms with Crippen molar-refractivity contribution >= 4 is 75.4 Å². The highest BCUT2D eigenvalue weighted by molar-refractivity contribution is 6.51. The van der Waals surface area contributed by atoms with E-state index in [0.717, 1.165) is 0 Å². The molecule has 0 radical (unpaired) electrons.